The van der Waals surface area contributed by atoms with Gasteiger partial charge in [0, 0.05) is 9.13 Å². The third kappa shape index (κ3) is 1.92. The summed E-state index contributed by atoms with van der Waals surface area (Å²) in [6, 6.07) is 15.1. The number of aromatic nitrogens is 2. The van der Waals surface area contributed by atoms with E-state index in [0.717, 1.165) is 14.6 Å². The van der Waals surface area contributed by atoms with Crippen molar-refractivity contribution in [3.63, 3.8) is 0 Å². The lowest BCUT2D eigenvalue weighted by Crippen LogP contribution is -2.10. The van der Waals surface area contributed by atoms with Crippen LogP contribution in [0.5, 0.6) is 0 Å². The minimum Gasteiger partial charge on any atom is -0.268 e. The monoisotopic (exact) mass is 348 g/mol. The van der Waals surface area contributed by atoms with Crippen LogP contribution in [-0.2, 0) is 0 Å². The minimum atomic E-state index is -0.0535. The van der Waals surface area contributed by atoms with E-state index in [-0.39, 0.29) is 5.91 Å². The van der Waals surface area contributed by atoms with Crippen LogP contribution in [0, 0.1) is 3.57 Å². The maximum absolute atomic E-state index is 12.4. The number of nitrogens with zero attached hydrogens (tertiary/aromatic N) is 2. The van der Waals surface area contributed by atoms with Crippen molar-refractivity contribution in [3.8, 4) is 0 Å². The Morgan fingerprint density at radius 1 is 1.11 bits per heavy atom. The zero-order valence-corrected chi connectivity index (χ0v) is 11.5. The van der Waals surface area contributed by atoms with Crippen LogP contribution in [0.15, 0.2) is 54.9 Å². The lowest BCUT2D eigenvalue weighted by Gasteiger charge is -2.03. The fourth-order valence-corrected chi connectivity index (χ4v) is 2.42. The molecule has 0 unspecified atom stereocenters. The van der Waals surface area contributed by atoms with Gasteiger partial charge in [0.25, 0.3) is 5.91 Å². The van der Waals surface area contributed by atoms with Gasteiger partial charge in [0.05, 0.1) is 11.0 Å². The van der Waals surface area contributed by atoms with E-state index in [1.807, 2.05) is 48.5 Å². The van der Waals surface area contributed by atoms with Crippen molar-refractivity contribution in [1.82, 2.24) is 9.55 Å². The number of hydrogen-bond acceptors (Lipinski definition) is 2. The van der Waals surface area contributed by atoms with E-state index in [4.69, 9.17) is 0 Å². The molecule has 3 rings (SSSR count). The molecule has 0 N–H and O–H groups in total. The SMILES string of the molecule is O=C(c1cccc(I)c1)n1cnc2ccccc21. The quantitative estimate of drug-likeness (QED) is 0.633. The number of fused-ring (bicyclic) bond motifs is 1. The molecule has 0 amide bonds. The highest BCUT2D eigenvalue weighted by Crippen LogP contribution is 2.15. The Bertz CT molecular complexity index is 733. The van der Waals surface area contributed by atoms with Crippen LogP contribution < -0.4 is 0 Å². The Kier molecular flexibility index (Phi) is 2.87. The maximum atomic E-state index is 12.4. The number of carbonyl (C=O) groups is 1. The summed E-state index contributed by atoms with van der Waals surface area (Å²) in [4.78, 5) is 16.6. The fourth-order valence-electron chi connectivity index (χ4n) is 1.88. The Balaban J connectivity index is 2.12. The van der Waals surface area contributed by atoms with Crippen LogP contribution in [-0.4, -0.2) is 15.5 Å². The van der Waals surface area contributed by atoms with Gasteiger partial charge >= 0.3 is 0 Å². The molecule has 0 bridgehead atoms. The molecule has 1 heterocycles. The zero-order valence-electron chi connectivity index (χ0n) is 9.38. The van der Waals surface area contributed by atoms with Crippen molar-refractivity contribution in [2.75, 3.05) is 0 Å². The number of benzene rings is 2. The van der Waals surface area contributed by atoms with Gasteiger partial charge in [0.1, 0.15) is 6.33 Å². The first-order valence-electron chi connectivity index (χ1n) is 5.48. The summed E-state index contributed by atoms with van der Waals surface area (Å²) in [6.45, 7) is 0. The van der Waals surface area contributed by atoms with Crippen molar-refractivity contribution >= 4 is 39.5 Å². The summed E-state index contributed by atoms with van der Waals surface area (Å²) in [6.07, 6.45) is 1.58. The number of imidazole rings is 1. The maximum Gasteiger partial charge on any atom is 0.263 e. The summed E-state index contributed by atoms with van der Waals surface area (Å²) in [7, 11) is 0. The highest BCUT2D eigenvalue weighted by molar-refractivity contribution is 14.1. The van der Waals surface area contributed by atoms with E-state index in [9.17, 15) is 4.79 Å². The van der Waals surface area contributed by atoms with Crippen molar-refractivity contribution in [2.24, 2.45) is 0 Å². The predicted octanol–water partition coefficient (Wildman–Crippen LogP) is 3.33. The van der Waals surface area contributed by atoms with Gasteiger partial charge in [0.15, 0.2) is 0 Å². The summed E-state index contributed by atoms with van der Waals surface area (Å²) < 4.78 is 2.63. The van der Waals surface area contributed by atoms with E-state index in [1.165, 1.54) is 0 Å². The van der Waals surface area contributed by atoms with Gasteiger partial charge in [-0.3, -0.25) is 9.36 Å². The summed E-state index contributed by atoms with van der Waals surface area (Å²) >= 11 is 2.20. The second kappa shape index (κ2) is 4.53. The third-order valence-corrected chi connectivity index (χ3v) is 3.41. The van der Waals surface area contributed by atoms with Gasteiger partial charge in [-0.05, 0) is 52.9 Å². The zero-order chi connectivity index (χ0) is 12.5. The van der Waals surface area contributed by atoms with Crippen LogP contribution in [0.3, 0.4) is 0 Å². The minimum absolute atomic E-state index is 0.0535. The molecule has 0 aliphatic heterocycles. The highest BCUT2D eigenvalue weighted by Gasteiger charge is 2.11. The Hall–Kier alpha value is -1.69. The van der Waals surface area contributed by atoms with Gasteiger partial charge in [-0.15, -0.1) is 0 Å². The molecule has 0 saturated heterocycles. The van der Waals surface area contributed by atoms with Crippen LogP contribution in [0.25, 0.3) is 11.0 Å². The molecular weight excluding hydrogens is 339 g/mol. The van der Waals surface area contributed by atoms with Crippen LogP contribution in [0.2, 0.25) is 0 Å². The molecule has 0 aliphatic carbocycles. The summed E-state index contributed by atoms with van der Waals surface area (Å²) in [5.41, 5.74) is 2.34. The van der Waals surface area contributed by atoms with E-state index in [0.29, 0.717) is 5.56 Å². The summed E-state index contributed by atoms with van der Waals surface area (Å²) in [5, 5.41) is 0. The lowest BCUT2D eigenvalue weighted by atomic mass is 10.2. The molecule has 18 heavy (non-hydrogen) atoms. The normalized spacial score (nSPS) is 10.7. The predicted molar refractivity (Wildman–Crippen MR) is 78.6 cm³/mol. The molecule has 0 spiro atoms. The Morgan fingerprint density at radius 2 is 1.94 bits per heavy atom. The van der Waals surface area contributed by atoms with Crippen LogP contribution in [0.4, 0.5) is 0 Å². The van der Waals surface area contributed by atoms with Gasteiger partial charge < -0.3 is 0 Å². The lowest BCUT2D eigenvalue weighted by molar-refractivity contribution is 0.0964. The molecule has 0 fully saturated rings. The van der Waals surface area contributed by atoms with Crippen molar-refractivity contribution < 1.29 is 4.79 Å². The van der Waals surface area contributed by atoms with Gasteiger partial charge in [-0.2, -0.15) is 0 Å². The molecule has 0 saturated carbocycles. The van der Waals surface area contributed by atoms with Crippen molar-refractivity contribution in [1.29, 1.82) is 0 Å². The first kappa shape index (κ1) is 11.4. The van der Waals surface area contributed by atoms with E-state index in [2.05, 4.69) is 27.6 Å². The van der Waals surface area contributed by atoms with Gasteiger partial charge in [0.2, 0.25) is 0 Å². The number of hydrogen-bond donors (Lipinski definition) is 0. The highest BCUT2D eigenvalue weighted by atomic mass is 127. The number of halogens is 1. The largest absolute Gasteiger partial charge is 0.268 e. The Morgan fingerprint density at radius 3 is 2.78 bits per heavy atom. The number of rotatable bonds is 1. The van der Waals surface area contributed by atoms with Crippen molar-refractivity contribution in [2.45, 2.75) is 0 Å². The molecule has 0 radical (unpaired) electrons. The van der Waals surface area contributed by atoms with Gasteiger partial charge in [-0.25, -0.2) is 4.98 Å². The van der Waals surface area contributed by atoms with Gasteiger partial charge in [-0.1, -0.05) is 18.2 Å². The molecule has 88 valence electrons. The summed E-state index contributed by atoms with van der Waals surface area (Å²) in [5.74, 6) is -0.0535. The smallest absolute Gasteiger partial charge is 0.263 e. The number of carbonyl (C=O) groups excluding carboxylic acids is 1. The van der Waals surface area contributed by atoms with Crippen LogP contribution in [0.1, 0.15) is 10.4 Å². The topological polar surface area (TPSA) is 34.9 Å². The van der Waals surface area contributed by atoms with Crippen molar-refractivity contribution in [3.05, 3.63) is 64.0 Å². The van der Waals surface area contributed by atoms with E-state index < -0.39 is 0 Å². The molecule has 2 aromatic carbocycles. The average molecular weight is 348 g/mol. The molecular formula is C14H9IN2O. The molecule has 4 heteroatoms. The molecule has 3 aromatic rings. The first-order valence-corrected chi connectivity index (χ1v) is 6.56. The average Bonchev–Trinajstić information content (AvgIpc) is 2.82. The van der Waals surface area contributed by atoms with Crippen LogP contribution >= 0.6 is 22.6 Å². The molecule has 1 aromatic heterocycles. The first-order chi connectivity index (χ1) is 8.75. The fraction of sp³-hybridized carbons (Fsp3) is 0. The molecule has 3 nitrogen and oxygen atoms in total. The van der Waals surface area contributed by atoms with E-state index in [1.54, 1.807) is 10.9 Å². The molecule has 0 aliphatic rings. The second-order valence-electron chi connectivity index (χ2n) is 3.92. The third-order valence-electron chi connectivity index (χ3n) is 2.74. The molecule has 0 atom stereocenters. The number of para-hydroxylation sites is 2. The standard InChI is InChI=1S/C14H9IN2O/c15-11-5-3-4-10(8-11)14(18)17-9-16-12-6-1-2-7-13(12)17/h1-9H. The van der Waals surface area contributed by atoms with E-state index >= 15 is 0 Å². The second-order valence-corrected chi connectivity index (χ2v) is 5.16. The Labute approximate surface area is 118 Å².